The van der Waals surface area contributed by atoms with Crippen molar-refractivity contribution in [3.05, 3.63) is 83.4 Å². The number of phenols is 2. The predicted octanol–water partition coefficient (Wildman–Crippen LogP) is 6.35. The lowest BCUT2D eigenvalue weighted by atomic mass is 9.86. The summed E-state index contributed by atoms with van der Waals surface area (Å²) >= 11 is 1.49. The summed E-state index contributed by atoms with van der Waals surface area (Å²) in [7, 11) is 0. The molecule has 5 rings (SSSR count). The average molecular weight is 465 g/mol. The lowest BCUT2D eigenvalue weighted by molar-refractivity contribution is 0.191. The van der Waals surface area contributed by atoms with E-state index in [1.54, 1.807) is 36.4 Å². The van der Waals surface area contributed by atoms with E-state index in [0.717, 1.165) is 35.4 Å². The molecule has 0 aliphatic carbocycles. The van der Waals surface area contributed by atoms with Crippen molar-refractivity contribution >= 4 is 22.9 Å². The molecule has 1 atom stereocenters. The lowest BCUT2D eigenvalue weighted by Crippen LogP contribution is -2.48. The van der Waals surface area contributed by atoms with E-state index in [-0.39, 0.29) is 35.3 Å². The van der Waals surface area contributed by atoms with E-state index in [1.807, 2.05) is 25.1 Å². The van der Waals surface area contributed by atoms with E-state index in [4.69, 9.17) is 11.6 Å². The maximum Gasteiger partial charge on any atom is 0.150 e. The lowest BCUT2D eigenvalue weighted by Gasteiger charge is -2.38. The third-order valence-electron chi connectivity index (χ3n) is 6.14. The summed E-state index contributed by atoms with van der Waals surface area (Å²) in [5.74, 6) is 0.769. The van der Waals surface area contributed by atoms with Crippen LogP contribution in [0.15, 0.2) is 71.6 Å². The minimum absolute atomic E-state index is 0.0888. The van der Waals surface area contributed by atoms with Gasteiger partial charge in [-0.3, -0.25) is 0 Å². The molecule has 1 unspecified atom stereocenters. The number of ether oxygens (including phenoxy) is 1. The molecule has 0 amide bonds. The molecule has 0 radical (unpaired) electrons. The van der Waals surface area contributed by atoms with Crippen molar-refractivity contribution in [2.75, 3.05) is 19.6 Å². The zero-order valence-corrected chi connectivity index (χ0v) is 19.2. The molecular formula is C28H29NO3S. The second-order valence-corrected chi connectivity index (χ2v) is 9.73. The van der Waals surface area contributed by atoms with Crippen LogP contribution in [0, 0.1) is 0 Å². The topological polar surface area (TPSA) is 52.9 Å². The van der Waals surface area contributed by atoms with Crippen LogP contribution in [0.25, 0.3) is 11.1 Å². The first-order valence-electron chi connectivity index (χ1n) is 13.5. The Bertz CT molecular complexity index is 1360. The molecule has 0 saturated carbocycles. The Morgan fingerprint density at radius 3 is 2.52 bits per heavy atom. The maximum atomic E-state index is 10.1. The summed E-state index contributed by atoms with van der Waals surface area (Å²) in [6, 6.07) is 15.8. The van der Waals surface area contributed by atoms with Crippen molar-refractivity contribution in [2.24, 2.45) is 0 Å². The second kappa shape index (κ2) is 9.16. The Kier molecular flexibility index (Phi) is 4.63. The zero-order chi connectivity index (χ0) is 27.2. The van der Waals surface area contributed by atoms with Crippen LogP contribution < -0.4 is 4.74 Å². The van der Waals surface area contributed by atoms with Gasteiger partial charge in [0.25, 0.3) is 0 Å². The smallest absolute Gasteiger partial charge is 0.150 e. The van der Waals surface area contributed by atoms with Crippen molar-refractivity contribution < 1.29 is 21.8 Å². The van der Waals surface area contributed by atoms with Crippen molar-refractivity contribution in [3.8, 4) is 17.2 Å². The molecule has 2 heterocycles. The number of nitrogens with zero attached hydrogens (tertiary/aromatic N) is 1. The highest BCUT2D eigenvalue weighted by molar-refractivity contribution is 8.00. The molecule has 170 valence electrons. The molecule has 33 heavy (non-hydrogen) atoms. The second-order valence-electron chi connectivity index (χ2n) is 8.42. The SMILES string of the molecule is [2H]c1cc(C2Oc3cc(O)ccc3C(C)=C2c2ccc(O)cc2)cc([2H])c1SC1CN(CCC([2H])([2H])[2H])C1. The Morgan fingerprint density at radius 1 is 1.06 bits per heavy atom. The molecule has 0 spiro atoms. The molecule has 1 saturated heterocycles. The van der Waals surface area contributed by atoms with Gasteiger partial charge >= 0.3 is 0 Å². The fourth-order valence-corrected chi connectivity index (χ4v) is 5.55. The monoisotopic (exact) mass is 464 g/mol. The quantitative estimate of drug-likeness (QED) is 0.445. The van der Waals surface area contributed by atoms with E-state index in [2.05, 4.69) is 4.90 Å². The normalized spacial score (nSPS) is 21.1. The number of likely N-dealkylation sites (tertiary alicyclic amines) is 1. The molecule has 3 aromatic rings. The van der Waals surface area contributed by atoms with Crippen molar-refractivity contribution in [1.29, 1.82) is 0 Å². The summed E-state index contributed by atoms with van der Waals surface area (Å²) in [5.41, 5.74) is 4.18. The molecule has 2 aliphatic heterocycles. The van der Waals surface area contributed by atoms with Gasteiger partial charge in [-0.15, -0.1) is 11.8 Å². The maximum absolute atomic E-state index is 10.1. The van der Waals surface area contributed by atoms with Gasteiger partial charge in [0.1, 0.15) is 23.4 Å². The van der Waals surface area contributed by atoms with E-state index < -0.39 is 13.0 Å². The summed E-state index contributed by atoms with van der Waals surface area (Å²) in [6.45, 7) is 2.05. The van der Waals surface area contributed by atoms with Gasteiger partial charge in [-0.25, -0.2) is 0 Å². The van der Waals surface area contributed by atoms with Gasteiger partial charge in [0.2, 0.25) is 0 Å². The van der Waals surface area contributed by atoms with Gasteiger partial charge in [0.05, 0.1) is 2.74 Å². The van der Waals surface area contributed by atoms with Crippen molar-refractivity contribution in [2.45, 2.75) is 36.4 Å². The minimum Gasteiger partial charge on any atom is -0.508 e. The molecule has 5 heteroatoms. The number of benzene rings is 3. The molecule has 4 nitrogen and oxygen atoms in total. The Balaban J connectivity index is 1.42. The zero-order valence-electron chi connectivity index (χ0n) is 23.3. The number of rotatable bonds is 6. The van der Waals surface area contributed by atoms with Gasteiger partial charge < -0.3 is 19.8 Å². The van der Waals surface area contributed by atoms with E-state index >= 15 is 0 Å². The van der Waals surface area contributed by atoms with Crippen LogP contribution in [-0.2, 0) is 0 Å². The molecule has 2 N–H and O–H groups in total. The highest BCUT2D eigenvalue weighted by atomic mass is 32.2. The van der Waals surface area contributed by atoms with Gasteiger partial charge in [-0.2, -0.15) is 0 Å². The van der Waals surface area contributed by atoms with Gasteiger partial charge in [-0.1, -0.05) is 31.1 Å². The standard InChI is InChI=1S/C28H29NO3S/c1-3-14-29-16-24(17-29)33-23-11-6-20(7-12-23)28-27(19-4-8-21(30)9-5-19)18(2)25-13-10-22(31)15-26(25)32-28/h4-13,15,24,28,30-31H,3,14,16-17H2,1-2H3/i1D3,11D,12D. The van der Waals surface area contributed by atoms with Crippen LogP contribution in [0.5, 0.6) is 17.2 Å². The number of thioether (sulfide) groups is 1. The number of allylic oxidation sites excluding steroid dienone is 1. The highest BCUT2D eigenvalue weighted by Crippen LogP contribution is 2.47. The number of hydrogen-bond acceptors (Lipinski definition) is 5. The Morgan fingerprint density at radius 2 is 1.79 bits per heavy atom. The Labute approximate surface area is 206 Å². The number of hydrogen-bond donors (Lipinski definition) is 2. The van der Waals surface area contributed by atoms with Crippen LogP contribution in [-0.4, -0.2) is 40.0 Å². The van der Waals surface area contributed by atoms with Crippen molar-refractivity contribution in [1.82, 2.24) is 4.90 Å². The molecular weight excluding hydrogens is 430 g/mol. The summed E-state index contributed by atoms with van der Waals surface area (Å²) in [5, 5.41) is 20.1. The van der Waals surface area contributed by atoms with Crippen LogP contribution in [0.3, 0.4) is 0 Å². The fraction of sp³-hybridized carbons (Fsp3) is 0.286. The van der Waals surface area contributed by atoms with Crippen LogP contribution in [0.1, 0.15) is 49.8 Å². The third-order valence-corrected chi connectivity index (χ3v) is 7.24. The average Bonchev–Trinajstić information content (AvgIpc) is 2.81. The summed E-state index contributed by atoms with van der Waals surface area (Å²) in [4.78, 5) is 2.68. The molecule has 0 bridgehead atoms. The third kappa shape index (κ3) is 4.48. The summed E-state index contributed by atoms with van der Waals surface area (Å²) in [6.07, 6.45) is -0.453. The first kappa shape index (κ1) is 16.7. The number of phenolic OH excluding ortho intramolecular Hbond substituents is 2. The van der Waals surface area contributed by atoms with E-state index in [9.17, 15) is 10.2 Å². The number of aromatic hydroxyl groups is 2. The van der Waals surface area contributed by atoms with E-state index in [0.29, 0.717) is 22.8 Å². The fourth-order valence-electron chi connectivity index (χ4n) is 4.39. The molecule has 2 aliphatic rings. The Hall–Kier alpha value is -2.89. The van der Waals surface area contributed by atoms with Gasteiger partial charge in [0.15, 0.2) is 0 Å². The first-order chi connectivity index (χ1) is 18.0. The summed E-state index contributed by atoms with van der Waals surface area (Å²) < 4.78 is 46.0. The van der Waals surface area contributed by atoms with Crippen LogP contribution in [0.4, 0.5) is 0 Å². The molecule has 3 aromatic carbocycles. The predicted molar refractivity (Wildman–Crippen MR) is 135 cm³/mol. The molecule has 0 aromatic heterocycles. The van der Waals surface area contributed by atoms with Gasteiger partial charge in [0, 0.05) is 44.6 Å². The highest BCUT2D eigenvalue weighted by Gasteiger charge is 2.30. The molecule has 1 fully saturated rings. The van der Waals surface area contributed by atoms with Crippen LogP contribution in [0.2, 0.25) is 0 Å². The number of fused-ring (bicyclic) bond motifs is 1. The minimum atomic E-state index is -1.93. The largest absolute Gasteiger partial charge is 0.508 e. The van der Waals surface area contributed by atoms with Crippen LogP contribution >= 0.6 is 11.8 Å². The van der Waals surface area contributed by atoms with Gasteiger partial charge in [-0.05, 0) is 72.9 Å². The van der Waals surface area contributed by atoms with Crippen molar-refractivity contribution in [3.63, 3.8) is 0 Å². The first-order valence-corrected chi connectivity index (χ1v) is 11.9. The van der Waals surface area contributed by atoms with E-state index in [1.165, 1.54) is 11.8 Å².